The van der Waals surface area contributed by atoms with Gasteiger partial charge in [-0.25, -0.2) is 0 Å². The summed E-state index contributed by atoms with van der Waals surface area (Å²) >= 11 is 0. The van der Waals surface area contributed by atoms with Gasteiger partial charge in [-0.15, -0.1) is 35.0 Å². The second kappa shape index (κ2) is 9.01. The first-order valence-corrected chi connectivity index (χ1v) is 7.72. The summed E-state index contributed by atoms with van der Waals surface area (Å²) in [5.74, 6) is 1.74. The molecule has 0 fully saturated rings. The molecule has 1 aromatic carbocycles. The number of aromatic nitrogens is 3. The van der Waals surface area contributed by atoms with Gasteiger partial charge in [-0.3, -0.25) is 4.79 Å². The van der Waals surface area contributed by atoms with E-state index in [0.29, 0.717) is 0 Å². The molecule has 1 amide bonds. The number of nitrogens with one attached hydrogen (secondary N) is 1. The molecule has 3 rings (SSSR count). The number of anilines is 1. The smallest absolute Gasteiger partial charge is 0.238 e. The molecular formula is C16H23Cl2N5O. The molecule has 2 aromatic rings. The minimum absolute atomic E-state index is 0. The summed E-state index contributed by atoms with van der Waals surface area (Å²) in [5, 5.41) is 11.5. The molecule has 8 heteroatoms. The number of aryl methyl sites for hydroxylation is 2. The molecule has 1 aromatic heterocycles. The summed E-state index contributed by atoms with van der Waals surface area (Å²) in [6, 6.07) is 5.96. The van der Waals surface area contributed by atoms with E-state index in [4.69, 9.17) is 5.73 Å². The van der Waals surface area contributed by atoms with Crippen LogP contribution in [0.3, 0.4) is 0 Å². The number of benzene rings is 1. The van der Waals surface area contributed by atoms with Crippen molar-refractivity contribution in [2.45, 2.75) is 39.2 Å². The molecule has 0 radical (unpaired) electrons. The number of nitrogens with zero attached hydrogens (tertiary/aromatic N) is 3. The molecule has 3 N–H and O–H groups in total. The van der Waals surface area contributed by atoms with Gasteiger partial charge in [0.05, 0.1) is 6.54 Å². The van der Waals surface area contributed by atoms with Gasteiger partial charge >= 0.3 is 0 Å². The van der Waals surface area contributed by atoms with E-state index in [1.807, 2.05) is 25.1 Å². The standard InChI is InChI=1S/C16H21N5O.2ClH/c1-11-6-7-12(9-13(11)18-15(22)10-17)16-20-19-14-5-3-2-4-8-21(14)16;;/h6-7,9H,2-5,8,10,17H2,1H3,(H,18,22);2*1H. The largest absolute Gasteiger partial charge is 0.325 e. The molecule has 0 atom stereocenters. The van der Waals surface area contributed by atoms with Gasteiger partial charge in [0.15, 0.2) is 5.82 Å². The number of hydrogen-bond donors (Lipinski definition) is 2. The fourth-order valence-electron chi connectivity index (χ4n) is 2.80. The quantitative estimate of drug-likeness (QED) is 0.868. The Labute approximate surface area is 154 Å². The summed E-state index contributed by atoms with van der Waals surface area (Å²) in [5.41, 5.74) is 8.12. The van der Waals surface area contributed by atoms with Crippen LogP contribution in [0.4, 0.5) is 5.69 Å². The minimum atomic E-state index is -0.194. The van der Waals surface area contributed by atoms with Crippen LogP contribution in [0.5, 0.6) is 0 Å². The highest BCUT2D eigenvalue weighted by atomic mass is 35.5. The van der Waals surface area contributed by atoms with Crippen LogP contribution in [-0.4, -0.2) is 27.2 Å². The van der Waals surface area contributed by atoms with Gasteiger partial charge in [-0.1, -0.05) is 18.6 Å². The normalized spacial score (nSPS) is 13.1. The summed E-state index contributed by atoms with van der Waals surface area (Å²) in [7, 11) is 0. The fourth-order valence-corrected chi connectivity index (χ4v) is 2.80. The summed E-state index contributed by atoms with van der Waals surface area (Å²) in [4.78, 5) is 11.5. The number of hydrogen-bond acceptors (Lipinski definition) is 4. The first kappa shape index (κ1) is 20.4. The van der Waals surface area contributed by atoms with Gasteiger partial charge in [0.25, 0.3) is 0 Å². The molecule has 0 saturated heterocycles. The van der Waals surface area contributed by atoms with Gasteiger partial charge in [0.2, 0.25) is 5.91 Å². The molecule has 6 nitrogen and oxygen atoms in total. The number of carbonyl (C=O) groups is 1. The highest BCUT2D eigenvalue weighted by Crippen LogP contribution is 2.26. The van der Waals surface area contributed by atoms with Crippen LogP contribution in [-0.2, 0) is 17.8 Å². The van der Waals surface area contributed by atoms with Crippen molar-refractivity contribution in [3.8, 4) is 11.4 Å². The molecule has 24 heavy (non-hydrogen) atoms. The fraction of sp³-hybridized carbons (Fsp3) is 0.438. The summed E-state index contributed by atoms with van der Waals surface area (Å²) < 4.78 is 2.20. The lowest BCUT2D eigenvalue weighted by Crippen LogP contribution is -2.22. The number of rotatable bonds is 3. The van der Waals surface area contributed by atoms with E-state index in [9.17, 15) is 4.79 Å². The first-order valence-electron chi connectivity index (χ1n) is 7.72. The van der Waals surface area contributed by atoms with Crippen molar-refractivity contribution in [1.29, 1.82) is 0 Å². The Bertz CT molecular complexity index is 702. The molecule has 0 bridgehead atoms. The van der Waals surface area contributed by atoms with Gasteiger partial charge in [0, 0.05) is 24.2 Å². The molecule has 0 unspecified atom stereocenters. The van der Waals surface area contributed by atoms with E-state index >= 15 is 0 Å². The van der Waals surface area contributed by atoms with Crippen LogP contribution in [0.15, 0.2) is 18.2 Å². The molecule has 1 aliphatic heterocycles. The third-order valence-corrected chi connectivity index (χ3v) is 4.06. The molecule has 132 valence electrons. The van der Waals surface area contributed by atoms with E-state index in [1.165, 1.54) is 12.8 Å². The summed E-state index contributed by atoms with van der Waals surface area (Å²) in [6.07, 6.45) is 4.54. The minimum Gasteiger partial charge on any atom is -0.325 e. The second-order valence-electron chi connectivity index (χ2n) is 5.68. The first-order chi connectivity index (χ1) is 10.7. The average molecular weight is 372 g/mol. The van der Waals surface area contributed by atoms with Crippen LogP contribution < -0.4 is 11.1 Å². The zero-order valence-electron chi connectivity index (χ0n) is 13.6. The van der Waals surface area contributed by atoms with Crippen molar-refractivity contribution in [3.05, 3.63) is 29.6 Å². The van der Waals surface area contributed by atoms with Gasteiger partial charge in [-0.05, 0) is 31.4 Å². The number of nitrogens with two attached hydrogens (primary N) is 1. The Hall–Kier alpha value is -1.63. The second-order valence-corrected chi connectivity index (χ2v) is 5.68. The molecule has 0 spiro atoms. The third kappa shape index (κ3) is 4.26. The van der Waals surface area contributed by atoms with Crippen LogP contribution in [0.25, 0.3) is 11.4 Å². The van der Waals surface area contributed by atoms with Crippen LogP contribution in [0.1, 0.15) is 30.7 Å². The zero-order valence-corrected chi connectivity index (χ0v) is 15.3. The lowest BCUT2D eigenvalue weighted by molar-refractivity contribution is -0.114. The van der Waals surface area contributed by atoms with E-state index in [-0.39, 0.29) is 37.3 Å². The maximum Gasteiger partial charge on any atom is 0.238 e. The Morgan fingerprint density at radius 1 is 1.25 bits per heavy atom. The van der Waals surface area contributed by atoms with Crippen LogP contribution in [0.2, 0.25) is 0 Å². The van der Waals surface area contributed by atoms with E-state index in [2.05, 4.69) is 20.1 Å². The van der Waals surface area contributed by atoms with E-state index in [1.54, 1.807) is 0 Å². The lowest BCUT2D eigenvalue weighted by Gasteiger charge is -2.11. The average Bonchev–Trinajstić information content (AvgIpc) is 2.78. The molecule has 2 heterocycles. The van der Waals surface area contributed by atoms with E-state index < -0.39 is 0 Å². The van der Waals surface area contributed by atoms with Gasteiger partial charge in [0.1, 0.15) is 5.82 Å². The predicted octanol–water partition coefficient (Wildman–Crippen LogP) is 2.72. The maximum atomic E-state index is 11.5. The Kier molecular flexibility index (Phi) is 7.66. The van der Waals surface area contributed by atoms with Crippen LogP contribution in [0, 0.1) is 6.92 Å². The monoisotopic (exact) mass is 371 g/mol. The number of carbonyl (C=O) groups excluding carboxylic acids is 1. The van der Waals surface area contributed by atoms with Gasteiger partial charge < -0.3 is 15.6 Å². The van der Waals surface area contributed by atoms with Crippen molar-refractivity contribution < 1.29 is 4.79 Å². The van der Waals surface area contributed by atoms with Gasteiger partial charge in [-0.2, -0.15) is 0 Å². The van der Waals surface area contributed by atoms with Crippen LogP contribution >= 0.6 is 24.8 Å². The Morgan fingerprint density at radius 3 is 2.79 bits per heavy atom. The highest BCUT2D eigenvalue weighted by molar-refractivity contribution is 5.93. The molecule has 0 aliphatic carbocycles. The van der Waals surface area contributed by atoms with E-state index in [0.717, 1.165) is 47.8 Å². The van der Waals surface area contributed by atoms with Crippen molar-refractivity contribution in [2.24, 2.45) is 5.73 Å². The van der Waals surface area contributed by atoms with Crippen molar-refractivity contribution >= 4 is 36.4 Å². The molecule has 0 saturated carbocycles. The molecule has 1 aliphatic rings. The number of fused-ring (bicyclic) bond motifs is 1. The number of amides is 1. The maximum absolute atomic E-state index is 11.5. The van der Waals surface area contributed by atoms with Crippen molar-refractivity contribution in [1.82, 2.24) is 14.8 Å². The lowest BCUT2D eigenvalue weighted by atomic mass is 10.1. The number of halogens is 2. The Morgan fingerprint density at radius 2 is 2.04 bits per heavy atom. The predicted molar refractivity (Wildman–Crippen MR) is 99.9 cm³/mol. The molecular weight excluding hydrogens is 349 g/mol. The SMILES string of the molecule is Cc1ccc(-c2nnc3n2CCCCC3)cc1NC(=O)CN.Cl.Cl. The highest BCUT2D eigenvalue weighted by Gasteiger charge is 2.16. The third-order valence-electron chi connectivity index (χ3n) is 4.06. The topological polar surface area (TPSA) is 85.8 Å². The summed E-state index contributed by atoms with van der Waals surface area (Å²) in [6.45, 7) is 2.89. The van der Waals surface area contributed by atoms with Crippen molar-refractivity contribution in [2.75, 3.05) is 11.9 Å². The van der Waals surface area contributed by atoms with Crippen molar-refractivity contribution in [3.63, 3.8) is 0 Å². The Balaban J connectivity index is 0.00000144. The zero-order chi connectivity index (χ0) is 15.5.